The maximum atomic E-state index is 11.2. The molecular formula is C12H12BrN3O2S. The van der Waals surface area contributed by atoms with Crippen LogP contribution in [-0.4, -0.2) is 36.0 Å². The van der Waals surface area contributed by atoms with Gasteiger partial charge in [0, 0.05) is 28.6 Å². The summed E-state index contributed by atoms with van der Waals surface area (Å²) in [7, 11) is 3.15. The van der Waals surface area contributed by atoms with Gasteiger partial charge in [-0.15, -0.1) is 0 Å². The van der Waals surface area contributed by atoms with Crippen molar-refractivity contribution in [2.45, 2.75) is 0 Å². The number of halogens is 1. The van der Waals surface area contributed by atoms with Crippen LogP contribution in [0.5, 0.6) is 0 Å². The Morgan fingerprint density at radius 3 is 2.74 bits per heavy atom. The molecule has 100 valence electrons. The number of methoxy groups -OCH3 is 1. The van der Waals surface area contributed by atoms with Crippen LogP contribution in [0.3, 0.4) is 0 Å². The lowest BCUT2D eigenvalue weighted by molar-refractivity contribution is -0.138. The van der Waals surface area contributed by atoms with Crippen LogP contribution >= 0.6 is 27.5 Å². The first-order valence-electron chi connectivity index (χ1n) is 5.47. The molecule has 0 saturated heterocycles. The smallest absolute Gasteiger partial charge is 0.325 e. The summed E-state index contributed by atoms with van der Waals surface area (Å²) < 4.78 is 9.92. The fraction of sp³-hybridized carbons (Fsp3) is 0.250. The van der Waals surface area contributed by atoms with Gasteiger partial charge in [-0.05, 0) is 12.1 Å². The minimum Gasteiger partial charge on any atom is -0.468 e. The van der Waals surface area contributed by atoms with Crippen molar-refractivity contribution in [1.82, 2.24) is 9.36 Å². The van der Waals surface area contributed by atoms with Gasteiger partial charge in [0.2, 0.25) is 5.13 Å². The Morgan fingerprint density at radius 1 is 1.42 bits per heavy atom. The van der Waals surface area contributed by atoms with Crippen LogP contribution in [0.2, 0.25) is 0 Å². The summed E-state index contributed by atoms with van der Waals surface area (Å²) in [5.74, 6) is 0.354. The van der Waals surface area contributed by atoms with E-state index in [0.29, 0.717) is 11.0 Å². The molecule has 0 aliphatic heterocycles. The van der Waals surface area contributed by atoms with E-state index in [-0.39, 0.29) is 12.5 Å². The summed E-state index contributed by atoms with van der Waals surface area (Å²) in [5.41, 5.74) is 0.942. The fourth-order valence-corrected chi connectivity index (χ4v) is 2.32. The number of likely N-dealkylation sites (N-methyl/N-ethyl adjacent to an activating group) is 1. The average molecular weight is 342 g/mol. The number of hydrogen-bond donors (Lipinski definition) is 0. The summed E-state index contributed by atoms with van der Waals surface area (Å²) in [4.78, 5) is 17.3. The third kappa shape index (κ3) is 3.51. The highest BCUT2D eigenvalue weighted by atomic mass is 79.9. The van der Waals surface area contributed by atoms with Gasteiger partial charge in [-0.2, -0.15) is 9.36 Å². The second-order valence-electron chi connectivity index (χ2n) is 3.84. The molecule has 1 heterocycles. The van der Waals surface area contributed by atoms with Crippen molar-refractivity contribution in [2.75, 3.05) is 25.6 Å². The van der Waals surface area contributed by atoms with E-state index in [9.17, 15) is 4.79 Å². The summed E-state index contributed by atoms with van der Waals surface area (Å²) in [6.45, 7) is 0.158. The van der Waals surface area contributed by atoms with E-state index in [1.54, 1.807) is 11.9 Å². The zero-order valence-electron chi connectivity index (χ0n) is 10.5. The van der Waals surface area contributed by atoms with Crippen molar-refractivity contribution < 1.29 is 9.53 Å². The van der Waals surface area contributed by atoms with E-state index in [1.165, 1.54) is 18.6 Å². The van der Waals surface area contributed by atoms with Gasteiger partial charge in [0.05, 0.1) is 7.11 Å². The van der Waals surface area contributed by atoms with Gasteiger partial charge in [-0.1, -0.05) is 28.1 Å². The highest BCUT2D eigenvalue weighted by Gasteiger charge is 2.13. The van der Waals surface area contributed by atoms with E-state index in [0.717, 1.165) is 10.0 Å². The number of rotatable bonds is 4. The molecule has 0 unspecified atom stereocenters. The molecule has 0 atom stereocenters. The monoisotopic (exact) mass is 341 g/mol. The highest BCUT2D eigenvalue weighted by molar-refractivity contribution is 9.10. The number of benzene rings is 1. The molecule has 19 heavy (non-hydrogen) atoms. The number of ether oxygens (including phenoxy) is 1. The molecule has 0 N–H and O–H groups in total. The van der Waals surface area contributed by atoms with Crippen LogP contribution in [0.15, 0.2) is 28.7 Å². The Kier molecular flexibility index (Phi) is 4.49. The van der Waals surface area contributed by atoms with Crippen molar-refractivity contribution >= 4 is 38.6 Å². The number of anilines is 1. The summed E-state index contributed by atoms with van der Waals surface area (Å²) in [6, 6.07) is 7.76. The number of aromatic nitrogens is 2. The van der Waals surface area contributed by atoms with Gasteiger partial charge in [0.1, 0.15) is 6.54 Å². The van der Waals surface area contributed by atoms with Gasteiger partial charge < -0.3 is 9.64 Å². The highest BCUT2D eigenvalue weighted by Crippen LogP contribution is 2.24. The zero-order valence-corrected chi connectivity index (χ0v) is 12.9. The minimum atomic E-state index is -0.303. The topological polar surface area (TPSA) is 55.3 Å². The van der Waals surface area contributed by atoms with Crippen molar-refractivity contribution in [1.29, 1.82) is 0 Å². The molecule has 0 spiro atoms. The lowest BCUT2D eigenvalue weighted by atomic mass is 10.2. The van der Waals surface area contributed by atoms with Crippen LogP contribution < -0.4 is 4.90 Å². The third-order valence-electron chi connectivity index (χ3n) is 2.44. The predicted octanol–water partition coefficient (Wildman–Crippen LogP) is 2.58. The van der Waals surface area contributed by atoms with Gasteiger partial charge >= 0.3 is 5.97 Å². The summed E-state index contributed by atoms with van der Waals surface area (Å²) >= 11 is 4.64. The van der Waals surface area contributed by atoms with Crippen LogP contribution in [0.4, 0.5) is 5.13 Å². The van der Waals surface area contributed by atoms with E-state index < -0.39 is 0 Å². The van der Waals surface area contributed by atoms with Gasteiger partial charge in [-0.3, -0.25) is 4.79 Å². The number of esters is 1. The van der Waals surface area contributed by atoms with Crippen molar-refractivity contribution in [3.8, 4) is 11.4 Å². The van der Waals surface area contributed by atoms with E-state index >= 15 is 0 Å². The van der Waals surface area contributed by atoms with E-state index in [1.807, 2.05) is 24.3 Å². The standard InChI is InChI=1S/C12H12BrN3O2S/c1-16(7-10(17)18-2)12-14-11(15-19-12)8-3-5-9(13)6-4-8/h3-6H,7H2,1-2H3. The lowest BCUT2D eigenvalue weighted by Crippen LogP contribution is -2.26. The molecule has 2 rings (SSSR count). The van der Waals surface area contributed by atoms with Crippen LogP contribution in [-0.2, 0) is 9.53 Å². The summed E-state index contributed by atoms with van der Waals surface area (Å²) in [6.07, 6.45) is 0. The molecule has 7 heteroatoms. The maximum Gasteiger partial charge on any atom is 0.325 e. The Labute approximate surface area is 123 Å². The minimum absolute atomic E-state index is 0.158. The van der Waals surface area contributed by atoms with Crippen molar-refractivity contribution in [3.05, 3.63) is 28.7 Å². The summed E-state index contributed by atoms with van der Waals surface area (Å²) in [5, 5.41) is 0.684. The number of nitrogens with zero attached hydrogens (tertiary/aromatic N) is 3. The van der Waals surface area contributed by atoms with Gasteiger partial charge in [0.25, 0.3) is 0 Å². The lowest BCUT2D eigenvalue weighted by Gasteiger charge is -2.12. The number of carbonyl (C=O) groups excluding carboxylic acids is 1. The second kappa shape index (κ2) is 6.12. The first-order chi connectivity index (χ1) is 9.10. The molecule has 0 fully saturated rings. The van der Waals surface area contributed by atoms with Crippen LogP contribution in [0.1, 0.15) is 0 Å². The van der Waals surface area contributed by atoms with Gasteiger partial charge in [-0.25, -0.2) is 0 Å². The first-order valence-corrected chi connectivity index (χ1v) is 7.04. The molecule has 1 aromatic carbocycles. The Bertz CT molecular complexity index is 571. The predicted molar refractivity (Wildman–Crippen MR) is 78.3 cm³/mol. The third-order valence-corrected chi connectivity index (χ3v) is 3.80. The SMILES string of the molecule is COC(=O)CN(C)c1nc(-c2ccc(Br)cc2)ns1. The van der Waals surface area contributed by atoms with Crippen LogP contribution in [0, 0.1) is 0 Å². The second-order valence-corrected chi connectivity index (χ2v) is 5.49. The molecule has 0 radical (unpaired) electrons. The van der Waals surface area contributed by atoms with Crippen molar-refractivity contribution in [2.24, 2.45) is 0 Å². The van der Waals surface area contributed by atoms with E-state index in [2.05, 4.69) is 30.0 Å². The first kappa shape index (κ1) is 14.0. The molecule has 5 nitrogen and oxygen atoms in total. The quantitative estimate of drug-likeness (QED) is 0.800. The largest absolute Gasteiger partial charge is 0.468 e. The molecule has 0 aliphatic rings. The maximum absolute atomic E-state index is 11.2. The Hall–Kier alpha value is -1.47. The molecular weight excluding hydrogens is 330 g/mol. The molecule has 2 aromatic rings. The molecule has 0 saturated carbocycles. The average Bonchev–Trinajstić information content (AvgIpc) is 2.89. The molecule has 0 aliphatic carbocycles. The Balaban J connectivity index is 2.14. The van der Waals surface area contributed by atoms with Crippen LogP contribution in [0.25, 0.3) is 11.4 Å². The normalized spacial score (nSPS) is 10.3. The van der Waals surface area contributed by atoms with Gasteiger partial charge in [0.15, 0.2) is 5.82 Å². The number of carbonyl (C=O) groups is 1. The molecule has 0 amide bonds. The Morgan fingerprint density at radius 2 is 2.11 bits per heavy atom. The molecule has 1 aromatic heterocycles. The van der Waals surface area contributed by atoms with Crippen molar-refractivity contribution in [3.63, 3.8) is 0 Å². The number of hydrogen-bond acceptors (Lipinski definition) is 6. The zero-order chi connectivity index (χ0) is 13.8. The van der Waals surface area contributed by atoms with E-state index in [4.69, 9.17) is 0 Å². The fourth-order valence-electron chi connectivity index (χ4n) is 1.41. The molecule has 0 bridgehead atoms.